The predicted molar refractivity (Wildman–Crippen MR) is 82.8 cm³/mol. The molecule has 3 nitrogen and oxygen atoms in total. The minimum atomic E-state index is -0.451. The van der Waals surface area contributed by atoms with E-state index in [0.717, 1.165) is 16.8 Å². The number of carbonyl (C=O) groups excluding carboxylic acids is 1. The lowest BCUT2D eigenvalue weighted by Gasteiger charge is -2.18. The Morgan fingerprint density at radius 1 is 1.33 bits per heavy atom. The van der Waals surface area contributed by atoms with Crippen LogP contribution in [0.25, 0.3) is 0 Å². The van der Waals surface area contributed by atoms with Crippen molar-refractivity contribution in [1.29, 1.82) is 0 Å². The maximum atomic E-state index is 13.5. The molecule has 1 unspecified atom stereocenters. The molecule has 0 saturated heterocycles. The summed E-state index contributed by atoms with van der Waals surface area (Å²) in [5, 5.41) is 3.36. The second kappa shape index (κ2) is 6.59. The predicted octanol–water partition coefficient (Wildman–Crippen LogP) is 3.68. The van der Waals surface area contributed by atoms with E-state index >= 15 is 0 Å². The number of carbonyl (C=O) groups is 1. The van der Waals surface area contributed by atoms with Gasteiger partial charge in [-0.05, 0) is 36.2 Å². The molecule has 0 heterocycles. The van der Waals surface area contributed by atoms with E-state index in [1.165, 1.54) is 12.1 Å². The summed E-state index contributed by atoms with van der Waals surface area (Å²) in [5.74, 6) is -0.845. The van der Waals surface area contributed by atoms with Crippen LogP contribution in [0, 0.1) is 5.82 Å². The second-order valence-corrected chi connectivity index (χ2v) is 5.25. The SMILES string of the molecule is CC(Nc1ccccc1CC(N)=O)c1ccc(Cl)c(F)c1. The van der Waals surface area contributed by atoms with E-state index in [1.54, 1.807) is 6.07 Å². The zero-order valence-corrected chi connectivity index (χ0v) is 12.3. The number of hydrogen-bond acceptors (Lipinski definition) is 2. The molecule has 0 bridgehead atoms. The lowest BCUT2D eigenvalue weighted by atomic mass is 10.1. The van der Waals surface area contributed by atoms with Gasteiger partial charge in [0, 0.05) is 11.7 Å². The third kappa shape index (κ3) is 3.95. The summed E-state index contributed by atoms with van der Waals surface area (Å²) < 4.78 is 13.5. The Morgan fingerprint density at radius 3 is 2.71 bits per heavy atom. The zero-order chi connectivity index (χ0) is 15.4. The molecule has 1 atom stereocenters. The molecule has 21 heavy (non-hydrogen) atoms. The summed E-state index contributed by atoms with van der Waals surface area (Å²) in [6, 6.07) is 12.0. The van der Waals surface area contributed by atoms with Crippen molar-refractivity contribution < 1.29 is 9.18 Å². The van der Waals surface area contributed by atoms with E-state index in [4.69, 9.17) is 17.3 Å². The number of para-hydroxylation sites is 1. The number of hydrogen-bond donors (Lipinski definition) is 2. The van der Waals surface area contributed by atoms with Gasteiger partial charge >= 0.3 is 0 Å². The number of nitrogens with two attached hydrogens (primary N) is 1. The van der Waals surface area contributed by atoms with Gasteiger partial charge in [-0.3, -0.25) is 4.79 Å². The van der Waals surface area contributed by atoms with Gasteiger partial charge in [0.1, 0.15) is 5.82 Å². The number of anilines is 1. The first kappa shape index (κ1) is 15.3. The average Bonchev–Trinajstić information content (AvgIpc) is 2.43. The number of primary amides is 1. The molecule has 0 radical (unpaired) electrons. The second-order valence-electron chi connectivity index (χ2n) is 4.84. The average molecular weight is 307 g/mol. The van der Waals surface area contributed by atoms with Gasteiger partial charge in [-0.25, -0.2) is 4.39 Å². The Labute approximate surface area is 127 Å². The molecule has 0 aliphatic rings. The summed E-state index contributed by atoms with van der Waals surface area (Å²) in [6.07, 6.45) is 0.158. The molecule has 2 aromatic rings. The number of halogens is 2. The van der Waals surface area contributed by atoms with Gasteiger partial charge < -0.3 is 11.1 Å². The normalized spacial score (nSPS) is 12.0. The molecule has 3 N–H and O–H groups in total. The van der Waals surface area contributed by atoms with Crippen molar-refractivity contribution in [3.05, 3.63) is 64.4 Å². The van der Waals surface area contributed by atoms with Crippen molar-refractivity contribution in [1.82, 2.24) is 0 Å². The maximum Gasteiger partial charge on any atom is 0.221 e. The number of rotatable bonds is 5. The molecule has 0 aliphatic carbocycles. The monoisotopic (exact) mass is 306 g/mol. The van der Waals surface area contributed by atoms with Crippen LogP contribution in [0.3, 0.4) is 0 Å². The minimum absolute atomic E-state index is 0.0973. The molecule has 2 rings (SSSR count). The smallest absolute Gasteiger partial charge is 0.221 e. The van der Waals surface area contributed by atoms with E-state index in [9.17, 15) is 9.18 Å². The van der Waals surface area contributed by atoms with Crippen LogP contribution in [0.4, 0.5) is 10.1 Å². The van der Waals surface area contributed by atoms with Crippen molar-refractivity contribution in [3.63, 3.8) is 0 Å². The van der Waals surface area contributed by atoms with E-state index in [-0.39, 0.29) is 17.5 Å². The quantitative estimate of drug-likeness (QED) is 0.885. The summed E-state index contributed by atoms with van der Waals surface area (Å²) in [7, 11) is 0. The Balaban J connectivity index is 2.21. The first-order valence-corrected chi connectivity index (χ1v) is 6.93. The molecular formula is C16H16ClFN2O. The minimum Gasteiger partial charge on any atom is -0.378 e. The highest BCUT2D eigenvalue weighted by atomic mass is 35.5. The first-order chi connectivity index (χ1) is 9.97. The molecule has 1 amide bonds. The van der Waals surface area contributed by atoms with Crippen LogP contribution in [-0.2, 0) is 11.2 Å². The van der Waals surface area contributed by atoms with Crippen molar-refractivity contribution in [2.24, 2.45) is 5.73 Å². The Bertz CT molecular complexity index is 660. The van der Waals surface area contributed by atoms with Gasteiger partial charge in [-0.2, -0.15) is 0 Å². The van der Waals surface area contributed by atoms with Gasteiger partial charge in [-0.1, -0.05) is 35.9 Å². The van der Waals surface area contributed by atoms with Gasteiger partial charge in [0.25, 0.3) is 0 Å². The summed E-state index contributed by atoms with van der Waals surface area (Å²) in [4.78, 5) is 11.1. The molecule has 0 aliphatic heterocycles. The van der Waals surface area contributed by atoms with Crippen LogP contribution in [0.5, 0.6) is 0 Å². The zero-order valence-electron chi connectivity index (χ0n) is 11.6. The molecule has 0 fully saturated rings. The highest BCUT2D eigenvalue weighted by Crippen LogP contribution is 2.25. The van der Waals surface area contributed by atoms with Crippen LogP contribution in [0.2, 0.25) is 5.02 Å². The number of benzene rings is 2. The standard InChI is InChI=1S/C16H16ClFN2O/c1-10(11-6-7-13(17)14(18)8-11)20-15-5-3-2-4-12(15)9-16(19)21/h2-8,10,20H,9H2,1H3,(H2,19,21). The van der Waals surface area contributed by atoms with Crippen LogP contribution in [0.15, 0.2) is 42.5 Å². The van der Waals surface area contributed by atoms with Crippen LogP contribution in [0.1, 0.15) is 24.1 Å². The highest BCUT2D eigenvalue weighted by Gasteiger charge is 2.11. The third-order valence-electron chi connectivity index (χ3n) is 3.20. The van der Waals surface area contributed by atoms with Crippen molar-refractivity contribution in [2.75, 3.05) is 5.32 Å². The van der Waals surface area contributed by atoms with Crippen LogP contribution >= 0.6 is 11.6 Å². The van der Waals surface area contributed by atoms with Crippen molar-refractivity contribution >= 4 is 23.2 Å². The molecule has 110 valence electrons. The summed E-state index contributed by atoms with van der Waals surface area (Å²) in [5.41, 5.74) is 7.63. The van der Waals surface area contributed by atoms with E-state index in [0.29, 0.717) is 0 Å². The molecule has 2 aromatic carbocycles. The van der Waals surface area contributed by atoms with Crippen molar-refractivity contribution in [2.45, 2.75) is 19.4 Å². The number of nitrogens with one attached hydrogen (secondary N) is 1. The maximum absolute atomic E-state index is 13.5. The van der Waals surface area contributed by atoms with Crippen LogP contribution in [-0.4, -0.2) is 5.91 Å². The highest BCUT2D eigenvalue weighted by molar-refractivity contribution is 6.30. The largest absolute Gasteiger partial charge is 0.378 e. The van der Waals surface area contributed by atoms with Gasteiger partial charge in [0.2, 0.25) is 5.91 Å². The molecule has 0 spiro atoms. The van der Waals surface area contributed by atoms with Gasteiger partial charge in [0.15, 0.2) is 0 Å². The van der Waals surface area contributed by atoms with Gasteiger partial charge in [0.05, 0.1) is 11.4 Å². The summed E-state index contributed by atoms with van der Waals surface area (Å²) in [6.45, 7) is 1.91. The molecular weight excluding hydrogens is 291 g/mol. The Morgan fingerprint density at radius 2 is 2.05 bits per heavy atom. The fourth-order valence-corrected chi connectivity index (χ4v) is 2.22. The third-order valence-corrected chi connectivity index (χ3v) is 3.50. The Kier molecular flexibility index (Phi) is 4.81. The Hall–Kier alpha value is -2.07. The summed E-state index contributed by atoms with van der Waals surface area (Å²) >= 11 is 5.68. The molecule has 5 heteroatoms. The van der Waals surface area contributed by atoms with Crippen molar-refractivity contribution in [3.8, 4) is 0 Å². The fraction of sp³-hybridized carbons (Fsp3) is 0.188. The van der Waals surface area contributed by atoms with Crippen LogP contribution < -0.4 is 11.1 Å². The van der Waals surface area contributed by atoms with E-state index in [2.05, 4.69) is 5.32 Å². The molecule has 0 aromatic heterocycles. The first-order valence-electron chi connectivity index (χ1n) is 6.55. The fourth-order valence-electron chi connectivity index (χ4n) is 2.10. The topological polar surface area (TPSA) is 55.1 Å². The lowest BCUT2D eigenvalue weighted by Crippen LogP contribution is -2.16. The molecule has 0 saturated carbocycles. The van der Waals surface area contributed by atoms with E-state index in [1.807, 2.05) is 31.2 Å². The lowest BCUT2D eigenvalue weighted by molar-refractivity contribution is -0.117. The van der Waals surface area contributed by atoms with E-state index < -0.39 is 11.7 Å². The van der Waals surface area contributed by atoms with Gasteiger partial charge in [-0.15, -0.1) is 0 Å². The number of amides is 1.